The summed E-state index contributed by atoms with van der Waals surface area (Å²) in [6, 6.07) is 6.83. The van der Waals surface area contributed by atoms with Crippen molar-refractivity contribution in [2.24, 2.45) is 17.3 Å². The molecule has 32 heavy (non-hydrogen) atoms. The lowest BCUT2D eigenvalue weighted by molar-refractivity contribution is -0.158. The molecule has 1 aromatic rings. The van der Waals surface area contributed by atoms with E-state index in [1.807, 2.05) is 0 Å². The number of esters is 1. The summed E-state index contributed by atoms with van der Waals surface area (Å²) in [7, 11) is -3.38. The van der Waals surface area contributed by atoms with Crippen molar-refractivity contribution in [2.75, 3.05) is 0 Å². The Balaban J connectivity index is 1.71. The number of rotatable bonds is 5. The molecule has 3 aliphatic rings. The van der Waals surface area contributed by atoms with Gasteiger partial charge in [-0.15, -0.1) is 0 Å². The molecule has 0 aliphatic heterocycles. The quantitative estimate of drug-likeness (QED) is 0.360. The van der Waals surface area contributed by atoms with Gasteiger partial charge < -0.3 is 13.6 Å². The summed E-state index contributed by atoms with van der Waals surface area (Å²) >= 11 is 0. The molecule has 2 fully saturated rings. The standard InChI is InChI=1S/C26H42O4Si2/c1-17(27)28-24-14-13-22-21-11-9-18-15-19(29-31(3,4)5)10-12-20(18)25(21)23(16-26(22,24)2)30-32(6,7)8/h10,12,15,21-25H,9,11,13-14,16H2,1-8H3. The minimum absolute atomic E-state index is 0.00947. The molecular formula is C26H42O4Si2. The van der Waals surface area contributed by atoms with Crippen molar-refractivity contribution in [1.29, 1.82) is 0 Å². The van der Waals surface area contributed by atoms with E-state index < -0.39 is 16.6 Å². The molecule has 0 saturated heterocycles. The van der Waals surface area contributed by atoms with Crippen LogP contribution in [0.3, 0.4) is 0 Å². The van der Waals surface area contributed by atoms with Crippen molar-refractivity contribution < 1.29 is 18.4 Å². The number of hydrogen-bond donors (Lipinski definition) is 0. The van der Waals surface area contributed by atoms with Crippen molar-refractivity contribution in [3.05, 3.63) is 29.3 Å². The number of benzene rings is 1. The molecule has 0 heterocycles. The third-order valence-corrected chi connectivity index (χ3v) is 9.66. The Morgan fingerprint density at radius 3 is 2.38 bits per heavy atom. The largest absolute Gasteiger partial charge is 0.544 e. The first kappa shape index (κ1) is 24.0. The van der Waals surface area contributed by atoms with Crippen LogP contribution in [0.15, 0.2) is 18.2 Å². The van der Waals surface area contributed by atoms with Gasteiger partial charge in [0, 0.05) is 18.3 Å². The Kier molecular flexibility index (Phi) is 6.21. The van der Waals surface area contributed by atoms with E-state index in [2.05, 4.69) is 64.4 Å². The molecular weight excluding hydrogens is 432 g/mol. The smallest absolute Gasteiger partial charge is 0.302 e. The zero-order valence-corrected chi connectivity index (χ0v) is 23.3. The zero-order valence-electron chi connectivity index (χ0n) is 21.3. The van der Waals surface area contributed by atoms with Crippen molar-refractivity contribution >= 4 is 22.6 Å². The van der Waals surface area contributed by atoms with Crippen LogP contribution < -0.4 is 4.43 Å². The fourth-order valence-electron chi connectivity index (χ4n) is 6.94. The maximum absolute atomic E-state index is 11.8. The first-order chi connectivity index (χ1) is 14.8. The van der Waals surface area contributed by atoms with Gasteiger partial charge in [0.05, 0.1) is 6.10 Å². The fourth-order valence-corrected chi connectivity index (χ4v) is 8.91. The monoisotopic (exact) mass is 474 g/mol. The van der Waals surface area contributed by atoms with Crippen LogP contribution >= 0.6 is 0 Å². The predicted molar refractivity (Wildman–Crippen MR) is 134 cm³/mol. The Morgan fingerprint density at radius 1 is 1.03 bits per heavy atom. The summed E-state index contributed by atoms with van der Waals surface area (Å²) in [5, 5.41) is 0. The molecule has 0 bridgehead atoms. The molecule has 6 atom stereocenters. The minimum Gasteiger partial charge on any atom is -0.544 e. The van der Waals surface area contributed by atoms with Gasteiger partial charge in [-0.05, 0) is 106 Å². The number of aryl methyl sites for hydroxylation is 1. The average Bonchev–Trinajstić information content (AvgIpc) is 2.94. The van der Waals surface area contributed by atoms with Crippen LogP contribution in [-0.2, 0) is 20.4 Å². The number of carbonyl (C=O) groups excluding carboxylic acids is 1. The Labute approximate surface area is 196 Å². The molecule has 0 aromatic heterocycles. The number of fused-ring (bicyclic) bond motifs is 5. The normalized spacial score (nSPS) is 34.3. The highest BCUT2D eigenvalue weighted by atomic mass is 28.4. The van der Waals surface area contributed by atoms with E-state index in [4.69, 9.17) is 13.6 Å². The SMILES string of the molecule is CC(=O)OC1CCC2C3CCc4cc(O[Si](C)(C)C)ccc4C3C(O[Si](C)(C)C)CC12C. The van der Waals surface area contributed by atoms with Crippen LogP contribution in [0.4, 0.5) is 0 Å². The molecule has 3 aliphatic carbocycles. The van der Waals surface area contributed by atoms with E-state index >= 15 is 0 Å². The maximum Gasteiger partial charge on any atom is 0.302 e. The van der Waals surface area contributed by atoms with Crippen LogP contribution in [0.1, 0.15) is 56.6 Å². The summed E-state index contributed by atoms with van der Waals surface area (Å²) in [5.41, 5.74) is 2.94. The van der Waals surface area contributed by atoms with E-state index in [9.17, 15) is 4.79 Å². The lowest BCUT2D eigenvalue weighted by Gasteiger charge is -2.54. The highest BCUT2D eigenvalue weighted by Crippen LogP contribution is 2.62. The van der Waals surface area contributed by atoms with E-state index in [0.717, 1.165) is 31.4 Å². The van der Waals surface area contributed by atoms with Gasteiger partial charge in [-0.25, -0.2) is 0 Å². The van der Waals surface area contributed by atoms with Crippen LogP contribution in [0, 0.1) is 17.3 Å². The van der Waals surface area contributed by atoms with Crippen molar-refractivity contribution in [2.45, 2.75) is 103 Å². The molecule has 0 N–H and O–H groups in total. The van der Waals surface area contributed by atoms with Crippen LogP contribution in [0.25, 0.3) is 0 Å². The topological polar surface area (TPSA) is 44.8 Å². The zero-order chi connectivity index (χ0) is 23.5. The molecule has 1 aromatic carbocycles. The summed E-state index contributed by atoms with van der Waals surface area (Å²) in [4.78, 5) is 11.8. The Hall–Kier alpha value is -1.12. The highest BCUT2D eigenvalue weighted by Gasteiger charge is 2.59. The van der Waals surface area contributed by atoms with Gasteiger partial charge >= 0.3 is 5.97 Å². The summed E-state index contributed by atoms with van der Waals surface area (Å²) in [6.07, 6.45) is 5.62. The Morgan fingerprint density at radius 2 is 1.75 bits per heavy atom. The third-order valence-electron chi connectivity index (χ3n) is 7.80. The van der Waals surface area contributed by atoms with Crippen LogP contribution in [-0.4, -0.2) is 34.8 Å². The van der Waals surface area contributed by atoms with Gasteiger partial charge in [0.2, 0.25) is 8.32 Å². The second-order valence-corrected chi connectivity index (χ2v) is 21.5. The summed E-state index contributed by atoms with van der Waals surface area (Å²) < 4.78 is 19.1. The van der Waals surface area contributed by atoms with E-state index in [1.165, 1.54) is 17.5 Å². The number of carbonyl (C=O) groups is 1. The second kappa shape index (κ2) is 8.28. The van der Waals surface area contributed by atoms with E-state index in [1.54, 1.807) is 6.92 Å². The molecule has 178 valence electrons. The molecule has 2 saturated carbocycles. The molecule has 0 amide bonds. The van der Waals surface area contributed by atoms with Crippen molar-refractivity contribution in [3.8, 4) is 5.75 Å². The third kappa shape index (κ3) is 4.73. The lowest BCUT2D eigenvalue weighted by atomic mass is 9.54. The average molecular weight is 475 g/mol. The molecule has 6 heteroatoms. The highest BCUT2D eigenvalue weighted by molar-refractivity contribution is 6.70. The van der Waals surface area contributed by atoms with Crippen LogP contribution in [0.2, 0.25) is 39.3 Å². The molecule has 4 nitrogen and oxygen atoms in total. The first-order valence-corrected chi connectivity index (χ1v) is 19.3. The van der Waals surface area contributed by atoms with Crippen molar-refractivity contribution in [3.63, 3.8) is 0 Å². The van der Waals surface area contributed by atoms with Gasteiger partial charge in [0.1, 0.15) is 11.9 Å². The number of ether oxygens (including phenoxy) is 1. The first-order valence-electron chi connectivity index (χ1n) is 12.4. The van der Waals surface area contributed by atoms with Gasteiger partial charge in [-0.1, -0.05) is 13.0 Å². The predicted octanol–water partition coefficient (Wildman–Crippen LogP) is 6.52. The minimum atomic E-state index is -1.74. The van der Waals surface area contributed by atoms with Crippen molar-refractivity contribution in [1.82, 2.24) is 0 Å². The summed E-state index contributed by atoms with van der Waals surface area (Å²) in [5.74, 6) is 2.49. The molecule has 0 spiro atoms. The molecule has 0 radical (unpaired) electrons. The van der Waals surface area contributed by atoms with E-state index in [-0.39, 0.29) is 23.6 Å². The van der Waals surface area contributed by atoms with Crippen LogP contribution in [0.5, 0.6) is 5.75 Å². The van der Waals surface area contributed by atoms with Gasteiger partial charge in [-0.3, -0.25) is 4.79 Å². The maximum atomic E-state index is 11.8. The van der Waals surface area contributed by atoms with E-state index in [0.29, 0.717) is 17.8 Å². The summed E-state index contributed by atoms with van der Waals surface area (Å²) in [6.45, 7) is 17.5. The Bertz CT molecular complexity index is 872. The lowest BCUT2D eigenvalue weighted by Crippen LogP contribution is -2.53. The van der Waals surface area contributed by atoms with Gasteiger partial charge in [0.25, 0.3) is 0 Å². The van der Waals surface area contributed by atoms with Gasteiger partial charge in [-0.2, -0.15) is 0 Å². The molecule has 4 rings (SSSR count). The fraction of sp³-hybridized carbons (Fsp3) is 0.731. The second-order valence-electron chi connectivity index (χ2n) is 12.6. The number of hydrogen-bond acceptors (Lipinski definition) is 4. The molecule has 6 unspecified atom stereocenters. The van der Waals surface area contributed by atoms with Gasteiger partial charge in [0.15, 0.2) is 8.32 Å².